The van der Waals surface area contributed by atoms with Gasteiger partial charge in [0.15, 0.2) is 0 Å². The molecule has 0 bridgehead atoms. The van der Waals surface area contributed by atoms with Gasteiger partial charge in [-0.2, -0.15) is 0 Å². The Morgan fingerprint density at radius 1 is 1.24 bits per heavy atom. The van der Waals surface area contributed by atoms with Crippen LogP contribution in [0.4, 0.5) is 0 Å². The molecule has 116 valence electrons. The highest BCUT2D eigenvalue weighted by atomic mass is 35.5. The second-order valence-electron chi connectivity index (χ2n) is 4.77. The fourth-order valence-electron chi connectivity index (χ4n) is 1.68. The third kappa shape index (κ3) is 4.77. The summed E-state index contributed by atoms with van der Waals surface area (Å²) in [5, 5.41) is 5.04. The van der Waals surface area contributed by atoms with Crippen molar-refractivity contribution in [1.29, 1.82) is 0 Å². The van der Waals surface area contributed by atoms with E-state index in [9.17, 15) is 8.42 Å². The van der Waals surface area contributed by atoms with Crippen LogP contribution in [0.25, 0.3) is 0 Å². The summed E-state index contributed by atoms with van der Waals surface area (Å²) in [7, 11) is -3.50. The van der Waals surface area contributed by atoms with Crippen LogP contribution in [0.1, 0.15) is 23.6 Å². The van der Waals surface area contributed by atoms with Gasteiger partial charge in [-0.3, -0.25) is 0 Å². The smallest absolute Gasteiger partial charge is 0.242 e. The van der Waals surface area contributed by atoms with Crippen molar-refractivity contribution in [3.63, 3.8) is 0 Å². The van der Waals surface area contributed by atoms with E-state index < -0.39 is 10.0 Å². The van der Waals surface area contributed by atoms with Crippen molar-refractivity contribution in [3.8, 4) is 0 Å². The summed E-state index contributed by atoms with van der Waals surface area (Å²) < 4.78 is 28.0. The molecule has 2 heterocycles. The predicted octanol–water partition coefficient (Wildman–Crippen LogP) is 3.44. The van der Waals surface area contributed by atoms with Gasteiger partial charge >= 0.3 is 0 Å². The molecule has 0 unspecified atom stereocenters. The Hall–Kier alpha value is -0.440. The molecule has 0 spiro atoms. The minimum atomic E-state index is -3.50. The number of thiophene rings is 2. The first kappa shape index (κ1) is 16.9. The zero-order chi connectivity index (χ0) is 15.5. The van der Waals surface area contributed by atoms with Gasteiger partial charge in [0.1, 0.15) is 0 Å². The molecule has 2 aromatic rings. The number of hydrogen-bond donors (Lipinski definition) is 2. The highest BCUT2D eigenvalue weighted by Gasteiger charge is 2.19. The zero-order valence-electron chi connectivity index (χ0n) is 11.7. The molecule has 0 aliphatic rings. The van der Waals surface area contributed by atoms with Crippen LogP contribution >= 0.6 is 34.3 Å². The quantitative estimate of drug-likeness (QED) is 0.791. The first-order valence-corrected chi connectivity index (χ1v) is 9.98. The Morgan fingerprint density at radius 2 is 2.00 bits per heavy atom. The predicted molar refractivity (Wildman–Crippen MR) is 89.6 cm³/mol. The first-order chi connectivity index (χ1) is 9.88. The monoisotopic (exact) mass is 364 g/mol. The Morgan fingerprint density at radius 3 is 2.62 bits per heavy atom. The molecule has 8 heteroatoms. The molecule has 0 aliphatic heterocycles. The molecule has 2 aromatic heterocycles. The van der Waals surface area contributed by atoms with E-state index in [0.29, 0.717) is 21.8 Å². The average Bonchev–Trinajstić information content (AvgIpc) is 3.03. The second kappa shape index (κ2) is 7.21. The summed E-state index contributed by atoms with van der Waals surface area (Å²) in [6, 6.07) is 5.54. The van der Waals surface area contributed by atoms with Crippen LogP contribution in [0.5, 0.6) is 0 Å². The average molecular weight is 365 g/mol. The summed E-state index contributed by atoms with van der Waals surface area (Å²) in [6.45, 7) is 4.87. The van der Waals surface area contributed by atoms with Crippen LogP contribution < -0.4 is 10.0 Å². The highest BCUT2D eigenvalue weighted by molar-refractivity contribution is 7.89. The fourth-order valence-corrected chi connectivity index (χ4v) is 5.20. The molecule has 0 radical (unpaired) electrons. The molecule has 0 saturated carbocycles. The Bertz CT molecular complexity index is 692. The Labute approximate surface area is 138 Å². The van der Waals surface area contributed by atoms with Crippen molar-refractivity contribution in [1.82, 2.24) is 10.0 Å². The maximum Gasteiger partial charge on any atom is 0.242 e. The minimum Gasteiger partial charge on any atom is -0.310 e. The lowest BCUT2D eigenvalue weighted by Crippen LogP contribution is -2.26. The number of sulfonamides is 1. The van der Waals surface area contributed by atoms with Gasteiger partial charge in [0, 0.05) is 28.9 Å². The lowest BCUT2D eigenvalue weighted by atomic mass is 10.4. The van der Waals surface area contributed by atoms with E-state index in [1.807, 2.05) is 19.9 Å². The largest absolute Gasteiger partial charge is 0.310 e. The van der Waals surface area contributed by atoms with E-state index in [-0.39, 0.29) is 6.54 Å². The van der Waals surface area contributed by atoms with Crippen LogP contribution in [0.15, 0.2) is 28.5 Å². The van der Waals surface area contributed by atoms with Crippen molar-refractivity contribution in [2.75, 3.05) is 0 Å². The van der Waals surface area contributed by atoms with Gasteiger partial charge in [0.25, 0.3) is 0 Å². The summed E-state index contributed by atoms with van der Waals surface area (Å²) in [6.07, 6.45) is 0. The third-order valence-corrected chi connectivity index (χ3v) is 6.50. The molecule has 0 amide bonds. The molecule has 2 N–H and O–H groups in total. The topological polar surface area (TPSA) is 58.2 Å². The first-order valence-electron chi connectivity index (χ1n) is 6.42. The molecule has 0 atom stereocenters. The van der Waals surface area contributed by atoms with E-state index in [2.05, 4.69) is 10.0 Å². The standard InChI is InChI=1S/C13H17ClN2O2S3/c1-9(2)15-8-11-12(5-6-19-11)21(17,18)16-7-10-3-4-13(14)20-10/h3-6,9,15-16H,7-8H2,1-2H3. The highest BCUT2D eigenvalue weighted by Crippen LogP contribution is 2.24. The Balaban J connectivity index is 2.07. The normalized spacial score (nSPS) is 12.2. The Kier molecular flexibility index (Phi) is 5.81. The van der Waals surface area contributed by atoms with E-state index >= 15 is 0 Å². The van der Waals surface area contributed by atoms with E-state index in [1.165, 1.54) is 22.7 Å². The van der Waals surface area contributed by atoms with Crippen molar-refractivity contribution in [2.24, 2.45) is 0 Å². The number of rotatable bonds is 7. The van der Waals surface area contributed by atoms with Crippen molar-refractivity contribution >= 4 is 44.3 Å². The third-order valence-electron chi connectivity index (χ3n) is 2.73. The minimum absolute atomic E-state index is 0.257. The van der Waals surface area contributed by atoms with Crippen LogP contribution in [-0.4, -0.2) is 14.5 Å². The van der Waals surface area contributed by atoms with Gasteiger partial charge in [-0.25, -0.2) is 13.1 Å². The second-order valence-corrected chi connectivity index (χ2v) is 9.31. The summed E-state index contributed by atoms with van der Waals surface area (Å²) in [4.78, 5) is 2.06. The zero-order valence-corrected chi connectivity index (χ0v) is 14.9. The molecular weight excluding hydrogens is 348 g/mol. The lowest BCUT2D eigenvalue weighted by molar-refractivity contribution is 0.572. The lowest BCUT2D eigenvalue weighted by Gasteiger charge is -2.10. The number of hydrogen-bond acceptors (Lipinski definition) is 5. The van der Waals surface area contributed by atoms with E-state index in [4.69, 9.17) is 11.6 Å². The molecule has 2 rings (SSSR count). The van der Waals surface area contributed by atoms with Crippen LogP contribution in [0.2, 0.25) is 4.34 Å². The SMILES string of the molecule is CC(C)NCc1sccc1S(=O)(=O)NCc1ccc(Cl)s1. The fraction of sp³-hybridized carbons (Fsp3) is 0.385. The van der Waals surface area contributed by atoms with E-state index in [0.717, 1.165) is 9.75 Å². The van der Waals surface area contributed by atoms with Crippen molar-refractivity contribution in [3.05, 3.63) is 37.7 Å². The summed E-state index contributed by atoms with van der Waals surface area (Å²) >= 11 is 8.66. The molecule has 21 heavy (non-hydrogen) atoms. The van der Waals surface area contributed by atoms with Crippen LogP contribution in [0.3, 0.4) is 0 Å². The number of halogens is 1. The van der Waals surface area contributed by atoms with Crippen LogP contribution in [0, 0.1) is 0 Å². The van der Waals surface area contributed by atoms with E-state index in [1.54, 1.807) is 17.5 Å². The molecular formula is C13H17ClN2O2S3. The van der Waals surface area contributed by atoms with Crippen molar-refractivity contribution in [2.45, 2.75) is 37.9 Å². The maximum absolute atomic E-state index is 12.4. The van der Waals surface area contributed by atoms with Crippen LogP contribution in [-0.2, 0) is 23.1 Å². The summed E-state index contributed by atoms with van der Waals surface area (Å²) in [5.41, 5.74) is 0. The maximum atomic E-state index is 12.4. The van der Waals surface area contributed by atoms with Crippen molar-refractivity contribution < 1.29 is 8.42 Å². The van der Waals surface area contributed by atoms with Gasteiger partial charge in [-0.1, -0.05) is 25.4 Å². The number of nitrogens with one attached hydrogen (secondary N) is 2. The van der Waals surface area contributed by atoms with Gasteiger partial charge in [-0.05, 0) is 23.6 Å². The van der Waals surface area contributed by atoms with Gasteiger partial charge in [-0.15, -0.1) is 22.7 Å². The molecule has 0 aliphatic carbocycles. The molecule has 4 nitrogen and oxygen atoms in total. The molecule has 0 fully saturated rings. The molecule has 0 saturated heterocycles. The van der Waals surface area contributed by atoms with Gasteiger partial charge in [0.05, 0.1) is 9.23 Å². The van der Waals surface area contributed by atoms with Gasteiger partial charge in [0.2, 0.25) is 10.0 Å². The van der Waals surface area contributed by atoms with Gasteiger partial charge < -0.3 is 5.32 Å². The summed E-state index contributed by atoms with van der Waals surface area (Å²) in [5.74, 6) is 0. The molecule has 0 aromatic carbocycles.